The van der Waals surface area contributed by atoms with Crippen molar-refractivity contribution in [1.82, 2.24) is 0 Å². The third-order valence-electron chi connectivity index (χ3n) is 4.32. The maximum atomic E-state index is 12.7. The lowest BCUT2D eigenvalue weighted by Crippen LogP contribution is -2.42. The molecule has 2 aromatic carbocycles. The summed E-state index contributed by atoms with van der Waals surface area (Å²) in [6.45, 7) is 2.89. The third-order valence-corrected chi connectivity index (χ3v) is 5.70. The lowest BCUT2D eigenvalue weighted by molar-refractivity contribution is -0.222. The van der Waals surface area contributed by atoms with Gasteiger partial charge in [-0.3, -0.25) is 4.72 Å². The molecule has 1 saturated heterocycles. The van der Waals surface area contributed by atoms with Crippen LogP contribution in [0.25, 0.3) is 0 Å². The molecule has 0 spiro atoms. The normalized spacial score (nSPS) is 15.3. The number of methoxy groups -OCH3 is 2. The van der Waals surface area contributed by atoms with Crippen molar-refractivity contribution in [2.45, 2.75) is 24.5 Å². The molecule has 0 saturated carbocycles. The van der Waals surface area contributed by atoms with E-state index in [0.717, 1.165) is 6.20 Å². The number of carbonyl (C=O) groups excluding carboxylic acids is 2. The Morgan fingerprint density at radius 2 is 1.56 bits per heavy atom. The summed E-state index contributed by atoms with van der Waals surface area (Å²) in [6, 6.07) is 10.4. The predicted octanol–water partition coefficient (Wildman–Crippen LogP) is 2.64. The van der Waals surface area contributed by atoms with Crippen LogP contribution in [0.4, 0.5) is 11.4 Å². The van der Waals surface area contributed by atoms with Gasteiger partial charge in [0.15, 0.2) is 5.57 Å². The van der Waals surface area contributed by atoms with Crippen molar-refractivity contribution >= 4 is 33.3 Å². The highest BCUT2D eigenvalue weighted by atomic mass is 32.2. The number of carbonyl (C=O) groups is 2. The van der Waals surface area contributed by atoms with Gasteiger partial charge in [-0.25, -0.2) is 18.0 Å². The van der Waals surface area contributed by atoms with Gasteiger partial charge in [-0.05, 0) is 36.4 Å². The summed E-state index contributed by atoms with van der Waals surface area (Å²) in [4.78, 5) is 23.9. The molecule has 1 fully saturated rings. The molecule has 0 radical (unpaired) electrons. The van der Waals surface area contributed by atoms with Gasteiger partial charge in [-0.2, -0.15) is 0 Å². The Bertz CT molecular complexity index is 1150. The summed E-state index contributed by atoms with van der Waals surface area (Å²) in [7, 11) is -1.00. The van der Waals surface area contributed by atoms with E-state index in [1.165, 1.54) is 58.4 Å². The minimum Gasteiger partial charge on any atom is -0.497 e. The highest BCUT2D eigenvalue weighted by molar-refractivity contribution is 7.92. The molecule has 10 nitrogen and oxygen atoms in total. The topological polar surface area (TPSA) is 129 Å². The van der Waals surface area contributed by atoms with Gasteiger partial charge in [0, 0.05) is 31.8 Å². The van der Waals surface area contributed by atoms with Gasteiger partial charge in [0.1, 0.15) is 11.5 Å². The maximum absolute atomic E-state index is 12.7. The Morgan fingerprint density at radius 3 is 2.12 bits per heavy atom. The maximum Gasteiger partial charge on any atom is 0.350 e. The molecule has 2 aromatic rings. The number of hydrogen-bond donors (Lipinski definition) is 2. The fourth-order valence-corrected chi connectivity index (χ4v) is 3.82. The Kier molecular flexibility index (Phi) is 6.30. The zero-order valence-corrected chi connectivity index (χ0v) is 18.6. The molecule has 1 aliphatic rings. The van der Waals surface area contributed by atoms with E-state index in [2.05, 4.69) is 10.0 Å². The number of cyclic esters (lactones) is 2. The highest BCUT2D eigenvalue weighted by Crippen LogP contribution is 2.31. The molecule has 0 atom stereocenters. The quantitative estimate of drug-likeness (QED) is 0.362. The molecule has 0 amide bonds. The molecule has 2 N–H and O–H groups in total. The van der Waals surface area contributed by atoms with E-state index in [-0.39, 0.29) is 16.2 Å². The Hall–Kier alpha value is -3.73. The van der Waals surface area contributed by atoms with Crippen LogP contribution in [0.1, 0.15) is 13.8 Å². The van der Waals surface area contributed by atoms with Crippen LogP contribution in [-0.2, 0) is 29.1 Å². The number of hydrogen-bond acceptors (Lipinski definition) is 9. The van der Waals surface area contributed by atoms with Crippen molar-refractivity contribution in [3.05, 3.63) is 54.2 Å². The number of nitrogens with one attached hydrogen (secondary N) is 2. The average Bonchev–Trinajstić information content (AvgIpc) is 2.72. The van der Waals surface area contributed by atoms with Gasteiger partial charge in [0.25, 0.3) is 15.8 Å². The summed E-state index contributed by atoms with van der Waals surface area (Å²) in [5, 5.41) is 2.75. The Labute approximate surface area is 185 Å². The zero-order valence-electron chi connectivity index (χ0n) is 17.8. The Morgan fingerprint density at radius 1 is 0.938 bits per heavy atom. The zero-order chi connectivity index (χ0) is 23.5. The van der Waals surface area contributed by atoms with E-state index in [1.54, 1.807) is 12.1 Å². The molecule has 1 aliphatic heterocycles. The van der Waals surface area contributed by atoms with Crippen LogP contribution >= 0.6 is 0 Å². The van der Waals surface area contributed by atoms with E-state index in [9.17, 15) is 18.0 Å². The predicted molar refractivity (Wildman–Crippen MR) is 115 cm³/mol. The highest BCUT2D eigenvalue weighted by Gasteiger charge is 2.38. The van der Waals surface area contributed by atoms with Crippen molar-refractivity contribution in [3.63, 3.8) is 0 Å². The molecular weight excluding hydrogens is 440 g/mol. The summed E-state index contributed by atoms with van der Waals surface area (Å²) in [6.07, 6.45) is 1.14. The first-order valence-electron chi connectivity index (χ1n) is 9.33. The van der Waals surface area contributed by atoms with Crippen LogP contribution in [0.15, 0.2) is 59.1 Å². The minimum atomic E-state index is -3.91. The number of esters is 2. The van der Waals surface area contributed by atoms with Gasteiger partial charge in [0.05, 0.1) is 24.8 Å². The molecule has 11 heteroatoms. The fourth-order valence-electron chi connectivity index (χ4n) is 2.75. The number of anilines is 2. The first-order chi connectivity index (χ1) is 15.0. The smallest absolute Gasteiger partial charge is 0.350 e. The molecule has 0 aromatic heterocycles. The molecule has 3 rings (SSSR count). The van der Waals surface area contributed by atoms with Crippen molar-refractivity contribution in [2.24, 2.45) is 0 Å². The Balaban J connectivity index is 1.74. The van der Waals surface area contributed by atoms with E-state index >= 15 is 0 Å². The van der Waals surface area contributed by atoms with Crippen molar-refractivity contribution in [1.29, 1.82) is 0 Å². The van der Waals surface area contributed by atoms with E-state index < -0.39 is 27.7 Å². The van der Waals surface area contributed by atoms with Crippen molar-refractivity contribution < 1.29 is 37.0 Å². The van der Waals surface area contributed by atoms with Crippen molar-refractivity contribution in [2.75, 3.05) is 24.3 Å². The van der Waals surface area contributed by atoms with E-state index in [4.69, 9.17) is 18.9 Å². The molecule has 0 unspecified atom stereocenters. The van der Waals surface area contributed by atoms with Crippen LogP contribution in [0.5, 0.6) is 11.5 Å². The van der Waals surface area contributed by atoms with Crippen LogP contribution in [0, 0.1) is 0 Å². The number of rotatable bonds is 7. The molecule has 1 heterocycles. The second kappa shape index (κ2) is 8.79. The van der Waals surface area contributed by atoms with Crippen LogP contribution < -0.4 is 19.5 Å². The van der Waals surface area contributed by atoms with Crippen LogP contribution in [0.3, 0.4) is 0 Å². The summed E-state index contributed by atoms with van der Waals surface area (Å²) in [5.74, 6) is -2.16. The molecule has 32 heavy (non-hydrogen) atoms. The largest absolute Gasteiger partial charge is 0.497 e. The second-order valence-corrected chi connectivity index (χ2v) is 8.76. The molecule has 0 bridgehead atoms. The molecular formula is C21H22N2O8S. The monoisotopic (exact) mass is 462 g/mol. The van der Waals surface area contributed by atoms with Gasteiger partial charge >= 0.3 is 11.9 Å². The van der Waals surface area contributed by atoms with Crippen molar-refractivity contribution in [3.8, 4) is 11.5 Å². The van der Waals surface area contributed by atoms with Crippen LogP contribution in [-0.4, -0.2) is 40.4 Å². The summed E-state index contributed by atoms with van der Waals surface area (Å²) < 4.78 is 48.3. The van der Waals surface area contributed by atoms with E-state index in [0.29, 0.717) is 17.2 Å². The molecule has 170 valence electrons. The van der Waals surface area contributed by atoms with Crippen LogP contribution in [0.2, 0.25) is 0 Å². The number of sulfonamides is 1. The van der Waals surface area contributed by atoms with Gasteiger partial charge in [-0.15, -0.1) is 0 Å². The number of benzene rings is 2. The first kappa shape index (κ1) is 22.9. The summed E-state index contributed by atoms with van der Waals surface area (Å²) >= 11 is 0. The van der Waals surface area contributed by atoms with Gasteiger partial charge in [0.2, 0.25) is 0 Å². The molecule has 0 aliphatic carbocycles. The van der Waals surface area contributed by atoms with E-state index in [1.807, 2.05) is 0 Å². The summed E-state index contributed by atoms with van der Waals surface area (Å²) in [5.41, 5.74) is 0.371. The lowest BCUT2D eigenvalue weighted by Gasteiger charge is -2.29. The minimum absolute atomic E-state index is 0.00758. The lowest BCUT2D eigenvalue weighted by atomic mass is 10.2. The fraction of sp³-hybridized carbons (Fsp3) is 0.238. The first-order valence-corrected chi connectivity index (χ1v) is 10.8. The standard InChI is InChI=1S/C21H22N2O8S/c1-21(2)30-19(24)16(20(25)31-21)12-22-13-5-8-15(9-6-13)32(26,27)23-17-10-7-14(28-3)11-18(17)29-4/h5-12,22-23H,1-4H3. The van der Waals surface area contributed by atoms with Gasteiger partial charge < -0.3 is 24.3 Å². The van der Waals surface area contributed by atoms with Gasteiger partial charge in [-0.1, -0.05) is 0 Å². The third kappa shape index (κ3) is 5.11. The average molecular weight is 462 g/mol. The number of ether oxygens (including phenoxy) is 4. The second-order valence-electron chi connectivity index (χ2n) is 7.08. The SMILES string of the molecule is COc1ccc(NS(=O)(=O)c2ccc(NC=C3C(=O)OC(C)(C)OC3=O)cc2)c(OC)c1.